The molecule has 122 valence electrons. The Labute approximate surface area is 134 Å². The molecule has 0 aliphatic heterocycles. The van der Waals surface area contributed by atoms with Crippen LogP contribution in [0.2, 0.25) is 0 Å². The highest BCUT2D eigenvalue weighted by molar-refractivity contribution is 8.01. The first kappa shape index (κ1) is 18.5. The lowest BCUT2D eigenvalue weighted by molar-refractivity contribution is -0.131. The number of thioether (sulfide) groups is 1. The zero-order chi connectivity index (χ0) is 15.9. The van der Waals surface area contributed by atoms with E-state index in [1.54, 1.807) is 16.7 Å². The molecule has 0 aromatic heterocycles. The molecule has 1 unspecified atom stereocenters. The molecular weight excluding hydrogens is 282 g/mol. The fourth-order valence-electron chi connectivity index (χ4n) is 3.05. The summed E-state index contributed by atoms with van der Waals surface area (Å²) in [5.41, 5.74) is 0. The third-order valence-corrected chi connectivity index (χ3v) is 5.75. The van der Waals surface area contributed by atoms with Gasteiger partial charge in [-0.25, -0.2) is 0 Å². The van der Waals surface area contributed by atoms with Gasteiger partial charge in [-0.15, -0.1) is 11.8 Å². The van der Waals surface area contributed by atoms with Crippen molar-refractivity contribution in [1.29, 1.82) is 0 Å². The first-order valence-corrected chi connectivity index (χ1v) is 9.11. The van der Waals surface area contributed by atoms with Crippen molar-refractivity contribution in [2.75, 3.05) is 13.6 Å². The predicted octanol–water partition coefficient (Wildman–Crippen LogP) is 3.90. The highest BCUT2D eigenvalue weighted by atomic mass is 32.2. The summed E-state index contributed by atoms with van der Waals surface area (Å²) in [7, 11) is 1.84. The van der Waals surface area contributed by atoms with Crippen LogP contribution in [-0.2, 0) is 9.59 Å². The second-order valence-corrected chi connectivity index (χ2v) is 8.86. The van der Waals surface area contributed by atoms with Crippen LogP contribution < -0.4 is 0 Å². The average molecular weight is 314 g/mol. The molecular formula is C17H31NO2S. The number of hydrogen-bond donors (Lipinski definition) is 0. The largest absolute Gasteiger partial charge is 0.345 e. The van der Waals surface area contributed by atoms with E-state index in [4.69, 9.17) is 0 Å². The lowest BCUT2D eigenvalue weighted by Gasteiger charge is -2.30. The van der Waals surface area contributed by atoms with Crippen LogP contribution in [-0.4, -0.2) is 40.7 Å². The van der Waals surface area contributed by atoms with Crippen molar-refractivity contribution in [3.63, 3.8) is 0 Å². The Morgan fingerprint density at radius 2 is 1.81 bits per heavy atom. The van der Waals surface area contributed by atoms with Gasteiger partial charge in [0.2, 0.25) is 5.91 Å². The Morgan fingerprint density at radius 1 is 1.24 bits per heavy atom. The number of amides is 1. The Hall–Kier alpha value is -0.510. The van der Waals surface area contributed by atoms with Gasteiger partial charge >= 0.3 is 0 Å². The molecule has 1 aliphatic carbocycles. The molecule has 1 atom stereocenters. The second kappa shape index (κ2) is 8.82. The van der Waals surface area contributed by atoms with Gasteiger partial charge in [0.25, 0.3) is 0 Å². The molecule has 1 amide bonds. The van der Waals surface area contributed by atoms with Gasteiger partial charge in [-0.05, 0) is 18.8 Å². The van der Waals surface area contributed by atoms with Gasteiger partial charge in [-0.2, -0.15) is 0 Å². The predicted molar refractivity (Wildman–Crippen MR) is 90.6 cm³/mol. The Balaban J connectivity index is 2.53. The van der Waals surface area contributed by atoms with E-state index in [2.05, 4.69) is 20.8 Å². The van der Waals surface area contributed by atoms with E-state index in [0.717, 1.165) is 25.7 Å². The fraction of sp³-hybridized carbons (Fsp3) is 0.882. The van der Waals surface area contributed by atoms with E-state index in [-0.39, 0.29) is 15.9 Å². The molecule has 0 bridgehead atoms. The number of nitrogens with zero attached hydrogens (tertiary/aromatic N) is 1. The highest BCUT2D eigenvalue weighted by Crippen LogP contribution is 2.41. The van der Waals surface area contributed by atoms with Crippen molar-refractivity contribution in [3.05, 3.63) is 0 Å². The summed E-state index contributed by atoms with van der Waals surface area (Å²) in [6.07, 6.45) is 8.74. The van der Waals surface area contributed by atoms with Crippen LogP contribution in [0.15, 0.2) is 0 Å². The van der Waals surface area contributed by atoms with Gasteiger partial charge in [0, 0.05) is 24.8 Å². The maximum absolute atomic E-state index is 12.2. The van der Waals surface area contributed by atoms with Crippen molar-refractivity contribution >= 4 is 24.0 Å². The minimum atomic E-state index is -0.199. The standard InChI is InChI=1S/C17H31NO2S/c1-14(2)12-18(4)16(20)11-15(13-19)21-17(3)9-7-5-6-8-10-17/h13-15H,5-12H2,1-4H3. The molecule has 0 aromatic rings. The van der Waals surface area contributed by atoms with Crippen LogP contribution >= 0.6 is 11.8 Å². The van der Waals surface area contributed by atoms with E-state index in [9.17, 15) is 9.59 Å². The summed E-state index contributed by atoms with van der Waals surface area (Å²) in [5, 5.41) is -0.199. The van der Waals surface area contributed by atoms with Gasteiger partial charge in [0.15, 0.2) is 0 Å². The maximum atomic E-state index is 12.2. The Bertz CT molecular complexity index is 336. The Morgan fingerprint density at radius 3 is 2.29 bits per heavy atom. The molecule has 0 radical (unpaired) electrons. The summed E-state index contributed by atoms with van der Waals surface area (Å²) in [4.78, 5) is 25.4. The van der Waals surface area contributed by atoms with Crippen LogP contribution in [0.4, 0.5) is 0 Å². The summed E-state index contributed by atoms with van der Waals surface area (Å²) in [6, 6.07) is 0. The number of rotatable bonds is 7. The number of carbonyl (C=O) groups is 2. The minimum Gasteiger partial charge on any atom is -0.345 e. The SMILES string of the molecule is CC(C)CN(C)C(=O)CC(C=O)SC1(C)CCCCCC1. The van der Waals surface area contributed by atoms with Gasteiger partial charge in [0.1, 0.15) is 6.29 Å². The molecule has 3 nitrogen and oxygen atoms in total. The van der Waals surface area contributed by atoms with Crippen molar-refractivity contribution in [2.24, 2.45) is 5.92 Å². The molecule has 1 fully saturated rings. The Kier molecular flexibility index (Phi) is 7.78. The lowest BCUT2D eigenvalue weighted by atomic mass is 10.0. The van der Waals surface area contributed by atoms with E-state index in [0.29, 0.717) is 12.3 Å². The van der Waals surface area contributed by atoms with Crippen LogP contribution in [0.25, 0.3) is 0 Å². The second-order valence-electron chi connectivity index (χ2n) is 7.03. The smallest absolute Gasteiger partial charge is 0.223 e. The zero-order valence-corrected chi connectivity index (χ0v) is 14.9. The van der Waals surface area contributed by atoms with Crippen LogP contribution in [0.1, 0.15) is 65.7 Å². The monoisotopic (exact) mass is 313 g/mol. The molecule has 0 aromatic carbocycles. The third kappa shape index (κ3) is 6.86. The number of aldehydes is 1. The summed E-state index contributed by atoms with van der Waals surface area (Å²) in [6.45, 7) is 7.22. The molecule has 0 spiro atoms. The fourth-order valence-corrected chi connectivity index (χ4v) is 4.59. The van der Waals surface area contributed by atoms with Crippen LogP contribution in [0, 0.1) is 5.92 Å². The molecule has 21 heavy (non-hydrogen) atoms. The van der Waals surface area contributed by atoms with Crippen molar-refractivity contribution in [1.82, 2.24) is 4.90 Å². The first-order valence-electron chi connectivity index (χ1n) is 8.23. The topological polar surface area (TPSA) is 37.4 Å². The molecule has 1 aliphatic rings. The van der Waals surface area contributed by atoms with E-state index < -0.39 is 0 Å². The quantitative estimate of drug-likeness (QED) is 0.528. The summed E-state index contributed by atoms with van der Waals surface area (Å²) >= 11 is 1.73. The van der Waals surface area contributed by atoms with Gasteiger partial charge in [0.05, 0.1) is 5.25 Å². The zero-order valence-electron chi connectivity index (χ0n) is 14.1. The molecule has 1 saturated carbocycles. The summed E-state index contributed by atoms with van der Waals surface area (Å²) in [5.74, 6) is 0.547. The minimum absolute atomic E-state index is 0.0884. The van der Waals surface area contributed by atoms with Gasteiger partial charge in [-0.1, -0.05) is 46.5 Å². The first-order chi connectivity index (χ1) is 9.86. The van der Waals surface area contributed by atoms with Crippen molar-refractivity contribution in [3.8, 4) is 0 Å². The van der Waals surface area contributed by atoms with E-state index in [1.165, 1.54) is 25.7 Å². The van der Waals surface area contributed by atoms with Crippen LogP contribution in [0.3, 0.4) is 0 Å². The molecule has 1 rings (SSSR count). The molecule has 0 heterocycles. The van der Waals surface area contributed by atoms with E-state index >= 15 is 0 Å². The van der Waals surface area contributed by atoms with Gasteiger partial charge in [-0.3, -0.25) is 4.79 Å². The van der Waals surface area contributed by atoms with Crippen molar-refractivity contribution < 1.29 is 9.59 Å². The maximum Gasteiger partial charge on any atom is 0.223 e. The third-order valence-electron chi connectivity index (χ3n) is 4.19. The normalized spacial score (nSPS) is 19.9. The number of carbonyl (C=O) groups excluding carboxylic acids is 2. The average Bonchev–Trinajstić information content (AvgIpc) is 2.62. The molecule has 0 saturated heterocycles. The lowest BCUT2D eigenvalue weighted by Crippen LogP contribution is -2.34. The molecule has 0 N–H and O–H groups in total. The summed E-state index contributed by atoms with van der Waals surface area (Å²) < 4.78 is 0.166. The van der Waals surface area contributed by atoms with E-state index in [1.807, 2.05) is 7.05 Å². The van der Waals surface area contributed by atoms with Crippen molar-refractivity contribution in [2.45, 2.75) is 75.7 Å². The van der Waals surface area contributed by atoms with Crippen LogP contribution in [0.5, 0.6) is 0 Å². The van der Waals surface area contributed by atoms with Gasteiger partial charge < -0.3 is 9.69 Å². The highest BCUT2D eigenvalue weighted by Gasteiger charge is 2.31. The molecule has 4 heteroatoms. The number of hydrogen-bond acceptors (Lipinski definition) is 3.